The summed E-state index contributed by atoms with van der Waals surface area (Å²) >= 11 is 2.06. The second-order valence-corrected chi connectivity index (χ2v) is 7.89. The Morgan fingerprint density at radius 1 is 1.18 bits per heavy atom. The number of nitrogens with one attached hydrogen (secondary N) is 1. The van der Waals surface area contributed by atoms with Gasteiger partial charge in [0.2, 0.25) is 10.0 Å². The number of halogens is 1. The summed E-state index contributed by atoms with van der Waals surface area (Å²) in [6.45, 7) is 2.35. The van der Waals surface area contributed by atoms with Crippen molar-refractivity contribution < 1.29 is 13.2 Å². The van der Waals surface area contributed by atoms with Crippen LogP contribution in [-0.2, 0) is 10.0 Å². The summed E-state index contributed by atoms with van der Waals surface area (Å²) in [5.41, 5.74) is 1.11. The minimum Gasteiger partial charge on any atom is -0.496 e. The van der Waals surface area contributed by atoms with E-state index in [0.717, 1.165) is 9.13 Å². The van der Waals surface area contributed by atoms with Crippen molar-refractivity contribution in [3.05, 3.63) is 57.7 Å². The molecule has 0 saturated heterocycles. The average molecular weight is 431 g/mol. The van der Waals surface area contributed by atoms with Gasteiger partial charge < -0.3 is 4.74 Å². The standard InChI is InChI=1S/C16H18INO3S/c1-12(13-6-4-3-5-7-13)11-18-22(19,20)14-8-9-16(21-2)15(17)10-14/h3-10,12,18H,11H2,1-2H3. The smallest absolute Gasteiger partial charge is 0.240 e. The van der Waals surface area contributed by atoms with Gasteiger partial charge in [0.25, 0.3) is 0 Å². The summed E-state index contributed by atoms with van der Waals surface area (Å²) in [6.07, 6.45) is 0. The molecule has 0 fully saturated rings. The number of rotatable bonds is 6. The molecule has 2 aromatic carbocycles. The Balaban J connectivity index is 2.10. The Hall–Kier alpha value is -1.12. The van der Waals surface area contributed by atoms with Crippen molar-refractivity contribution in [1.82, 2.24) is 4.72 Å². The van der Waals surface area contributed by atoms with E-state index in [9.17, 15) is 8.42 Å². The fourth-order valence-electron chi connectivity index (χ4n) is 2.03. The van der Waals surface area contributed by atoms with Gasteiger partial charge in [0.1, 0.15) is 5.75 Å². The van der Waals surface area contributed by atoms with Crippen LogP contribution in [0.2, 0.25) is 0 Å². The Morgan fingerprint density at radius 2 is 1.86 bits per heavy atom. The molecule has 0 aliphatic heterocycles. The van der Waals surface area contributed by atoms with E-state index in [-0.39, 0.29) is 10.8 Å². The zero-order valence-electron chi connectivity index (χ0n) is 12.4. The van der Waals surface area contributed by atoms with Gasteiger partial charge in [-0.15, -0.1) is 0 Å². The molecule has 0 amide bonds. The van der Waals surface area contributed by atoms with E-state index in [1.54, 1.807) is 25.3 Å². The van der Waals surface area contributed by atoms with Gasteiger partial charge in [-0.2, -0.15) is 0 Å². The third-order valence-corrected chi connectivity index (χ3v) is 5.65. The van der Waals surface area contributed by atoms with Gasteiger partial charge in [0, 0.05) is 6.54 Å². The second-order valence-electron chi connectivity index (χ2n) is 4.96. The van der Waals surface area contributed by atoms with Crippen LogP contribution in [0.25, 0.3) is 0 Å². The van der Waals surface area contributed by atoms with E-state index in [4.69, 9.17) is 4.74 Å². The van der Waals surface area contributed by atoms with Gasteiger partial charge >= 0.3 is 0 Å². The molecule has 2 rings (SSSR count). The van der Waals surface area contributed by atoms with Crippen LogP contribution >= 0.6 is 22.6 Å². The van der Waals surface area contributed by atoms with Crippen molar-refractivity contribution in [2.45, 2.75) is 17.7 Å². The van der Waals surface area contributed by atoms with Crippen molar-refractivity contribution in [3.63, 3.8) is 0 Å². The van der Waals surface area contributed by atoms with E-state index < -0.39 is 10.0 Å². The Kier molecular flexibility index (Phi) is 5.82. The number of benzene rings is 2. The lowest BCUT2D eigenvalue weighted by atomic mass is 10.0. The highest BCUT2D eigenvalue weighted by molar-refractivity contribution is 14.1. The molecule has 0 saturated carbocycles. The molecule has 22 heavy (non-hydrogen) atoms. The van der Waals surface area contributed by atoms with Crippen molar-refractivity contribution in [2.24, 2.45) is 0 Å². The maximum absolute atomic E-state index is 12.4. The molecule has 0 aliphatic rings. The van der Waals surface area contributed by atoms with Crippen LogP contribution in [0.4, 0.5) is 0 Å². The lowest BCUT2D eigenvalue weighted by Gasteiger charge is -2.14. The van der Waals surface area contributed by atoms with Crippen LogP contribution in [-0.4, -0.2) is 22.1 Å². The first-order valence-electron chi connectivity index (χ1n) is 6.82. The van der Waals surface area contributed by atoms with Gasteiger partial charge in [-0.1, -0.05) is 37.3 Å². The quantitative estimate of drug-likeness (QED) is 0.714. The third kappa shape index (κ3) is 4.21. The van der Waals surface area contributed by atoms with E-state index in [2.05, 4.69) is 27.3 Å². The van der Waals surface area contributed by atoms with Crippen molar-refractivity contribution in [1.29, 1.82) is 0 Å². The fraction of sp³-hybridized carbons (Fsp3) is 0.250. The predicted molar refractivity (Wildman–Crippen MR) is 95.8 cm³/mol. The molecule has 0 radical (unpaired) electrons. The summed E-state index contributed by atoms with van der Waals surface area (Å²) in [6, 6.07) is 14.7. The molecule has 0 aromatic heterocycles. The summed E-state index contributed by atoms with van der Waals surface area (Å²) in [5.74, 6) is 0.769. The number of hydrogen-bond acceptors (Lipinski definition) is 3. The molecule has 4 nitrogen and oxygen atoms in total. The molecule has 0 bridgehead atoms. The molecular weight excluding hydrogens is 413 g/mol. The Morgan fingerprint density at radius 3 is 2.45 bits per heavy atom. The number of sulfonamides is 1. The summed E-state index contributed by atoms with van der Waals surface area (Å²) in [7, 11) is -1.96. The predicted octanol–water partition coefficient (Wildman–Crippen LogP) is 3.38. The first-order chi connectivity index (χ1) is 10.4. The minimum absolute atomic E-state index is 0.105. The Labute approximate surface area is 145 Å². The molecule has 1 N–H and O–H groups in total. The van der Waals surface area contributed by atoms with Crippen LogP contribution in [0.3, 0.4) is 0 Å². The normalized spacial score (nSPS) is 12.9. The zero-order valence-corrected chi connectivity index (χ0v) is 15.4. The highest BCUT2D eigenvalue weighted by Crippen LogP contribution is 2.24. The van der Waals surface area contributed by atoms with Crippen molar-refractivity contribution >= 4 is 32.6 Å². The first kappa shape index (κ1) is 17.2. The van der Waals surface area contributed by atoms with Crippen LogP contribution in [0.5, 0.6) is 5.75 Å². The molecule has 118 valence electrons. The molecule has 2 aromatic rings. The van der Waals surface area contributed by atoms with Crippen LogP contribution < -0.4 is 9.46 Å². The van der Waals surface area contributed by atoms with Gasteiger partial charge in [-0.3, -0.25) is 0 Å². The number of hydrogen-bond donors (Lipinski definition) is 1. The Bertz CT molecular complexity index is 732. The van der Waals surface area contributed by atoms with Crippen LogP contribution in [0.15, 0.2) is 53.4 Å². The molecular formula is C16H18INO3S. The van der Waals surface area contributed by atoms with Gasteiger partial charge in [0.05, 0.1) is 15.6 Å². The van der Waals surface area contributed by atoms with E-state index in [1.165, 1.54) is 0 Å². The third-order valence-electron chi connectivity index (χ3n) is 3.38. The minimum atomic E-state index is -3.52. The number of ether oxygens (including phenoxy) is 1. The molecule has 1 unspecified atom stereocenters. The summed E-state index contributed by atoms with van der Waals surface area (Å²) in [4.78, 5) is 0.248. The topological polar surface area (TPSA) is 55.4 Å². The zero-order chi connectivity index (χ0) is 16.2. The van der Waals surface area contributed by atoms with E-state index in [1.807, 2.05) is 37.3 Å². The summed E-state index contributed by atoms with van der Waals surface area (Å²) < 4.78 is 33.3. The van der Waals surface area contributed by atoms with Crippen LogP contribution in [0, 0.1) is 3.57 Å². The van der Waals surface area contributed by atoms with Crippen LogP contribution in [0.1, 0.15) is 18.4 Å². The molecule has 6 heteroatoms. The average Bonchev–Trinajstić information content (AvgIpc) is 2.53. The highest BCUT2D eigenvalue weighted by atomic mass is 127. The summed E-state index contributed by atoms with van der Waals surface area (Å²) in [5, 5.41) is 0. The van der Waals surface area contributed by atoms with Gasteiger partial charge in [-0.05, 0) is 52.3 Å². The first-order valence-corrected chi connectivity index (χ1v) is 9.38. The lowest BCUT2D eigenvalue weighted by molar-refractivity contribution is 0.411. The van der Waals surface area contributed by atoms with Crippen molar-refractivity contribution in [3.8, 4) is 5.75 Å². The van der Waals surface area contributed by atoms with Gasteiger partial charge in [-0.25, -0.2) is 13.1 Å². The monoisotopic (exact) mass is 431 g/mol. The molecule has 0 heterocycles. The molecule has 1 atom stereocenters. The highest BCUT2D eigenvalue weighted by Gasteiger charge is 2.17. The second kappa shape index (κ2) is 7.43. The molecule has 0 aliphatic carbocycles. The van der Waals surface area contributed by atoms with E-state index >= 15 is 0 Å². The molecule has 0 spiro atoms. The fourth-order valence-corrected chi connectivity index (χ4v) is 4.13. The largest absolute Gasteiger partial charge is 0.496 e. The van der Waals surface area contributed by atoms with Crippen molar-refractivity contribution in [2.75, 3.05) is 13.7 Å². The maximum Gasteiger partial charge on any atom is 0.240 e. The maximum atomic E-state index is 12.4. The lowest BCUT2D eigenvalue weighted by Crippen LogP contribution is -2.27. The SMILES string of the molecule is COc1ccc(S(=O)(=O)NCC(C)c2ccccc2)cc1I. The number of methoxy groups -OCH3 is 1. The van der Waals surface area contributed by atoms with E-state index in [0.29, 0.717) is 12.3 Å². The van der Waals surface area contributed by atoms with Gasteiger partial charge in [0.15, 0.2) is 0 Å².